The van der Waals surface area contributed by atoms with Crippen LogP contribution in [0.25, 0.3) is 0 Å². The number of carbonyl (C=O) groups is 1. The van der Waals surface area contributed by atoms with Gasteiger partial charge in [0, 0.05) is 12.2 Å². The van der Waals surface area contributed by atoms with Gasteiger partial charge in [0.15, 0.2) is 5.78 Å². The third-order valence-corrected chi connectivity index (χ3v) is 1.93. The minimum absolute atomic E-state index is 0.106. The van der Waals surface area contributed by atoms with Crippen molar-refractivity contribution in [1.29, 1.82) is 0 Å². The van der Waals surface area contributed by atoms with Crippen molar-refractivity contribution in [1.82, 2.24) is 0 Å². The van der Waals surface area contributed by atoms with Crippen molar-refractivity contribution >= 4 is 5.78 Å². The first-order chi connectivity index (χ1) is 6.65. The number of hydrogen-bond acceptors (Lipinski definition) is 4. The predicted octanol–water partition coefficient (Wildman–Crippen LogP) is 0.285. The molecule has 4 nitrogen and oxygen atoms in total. The van der Waals surface area contributed by atoms with Gasteiger partial charge in [-0.3, -0.25) is 4.79 Å². The van der Waals surface area contributed by atoms with Crippen LogP contribution in [0.5, 0.6) is 5.75 Å². The van der Waals surface area contributed by atoms with E-state index in [9.17, 15) is 4.79 Å². The van der Waals surface area contributed by atoms with Gasteiger partial charge >= 0.3 is 0 Å². The van der Waals surface area contributed by atoms with E-state index in [0.29, 0.717) is 5.56 Å². The molecule has 14 heavy (non-hydrogen) atoms. The highest BCUT2D eigenvalue weighted by atomic mass is 16.3. The van der Waals surface area contributed by atoms with E-state index >= 15 is 0 Å². The fraction of sp³-hybridized carbons (Fsp3) is 0.300. The second kappa shape index (κ2) is 4.74. The number of Topliss-reactive ketones (excluding diaryl/α,β-unsaturated/α-hetero) is 1. The quantitative estimate of drug-likeness (QED) is 0.603. The van der Waals surface area contributed by atoms with Crippen LogP contribution in [0.4, 0.5) is 0 Å². The zero-order valence-corrected chi connectivity index (χ0v) is 7.68. The number of phenols is 1. The number of nitrogens with two attached hydrogens (primary N) is 1. The van der Waals surface area contributed by atoms with Gasteiger partial charge in [-0.2, -0.15) is 0 Å². The highest BCUT2D eigenvalue weighted by molar-refractivity contribution is 6.00. The number of benzene rings is 1. The maximum absolute atomic E-state index is 11.5. The monoisotopic (exact) mass is 195 g/mol. The summed E-state index contributed by atoms with van der Waals surface area (Å²) in [5.74, 6) is -0.115. The molecule has 1 aromatic carbocycles. The number of rotatable bonds is 4. The Balaban J connectivity index is 2.74. The minimum Gasteiger partial charge on any atom is -0.508 e. The van der Waals surface area contributed by atoms with E-state index in [1.807, 2.05) is 0 Å². The van der Waals surface area contributed by atoms with Crippen molar-refractivity contribution < 1.29 is 15.0 Å². The molecule has 0 heterocycles. The second-order valence-corrected chi connectivity index (χ2v) is 3.03. The van der Waals surface area contributed by atoms with Crippen LogP contribution in [0, 0.1) is 0 Å². The van der Waals surface area contributed by atoms with Crippen LogP contribution in [0.3, 0.4) is 0 Å². The molecule has 1 unspecified atom stereocenters. The lowest BCUT2D eigenvalue weighted by molar-refractivity contribution is 0.0945. The molecule has 1 atom stereocenters. The summed E-state index contributed by atoms with van der Waals surface area (Å²) in [7, 11) is 0. The van der Waals surface area contributed by atoms with Crippen molar-refractivity contribution in [2.75, 3.05) is 6.61 Å². The smallest absolute Gasteiger partial charge is 0.179 e. The Bertz CT molecular complexity index is 308. The molecule has 1 rings (SSSR count). The van der Waals surface area contributed by atoms with Crippen molar-refractivity contribution in [3.8, 4) is 5.75 Å². The average Bonchev–Trinajstić information content (AvgIpc) is 2.18. The molecule has 0 aliphatic heterocycles. The van der Waals surface area contributed by atoms with E-state index in [2.05, 4.69) is 0 Å². The Morgan fingerprint density at radius 3 is 2.43 bits per heavy atom. The molecule has 0 spiro atoms. The first kappa shape index (κ1) is 10.7. The van der Waals surface area contributed by atoms with E-state index in [-0.39, 0.29) is 24.6 Å². The Labute approximate surface area is 82.0 Å². The largest absolute Gasteiger partial charge is 0.508 e. The summed E-state index contributed by atoms with van der Waals surface area (Å²) in [4.78, 5) is 11.5. The lowest BCUT2D eigenvalue weighted by atomic mass is 10.0. The lowest BCUT2D eigenvalue weighted by Gasteiger charge is -2.08. The molecule has 0 amide bonds. The fourth-order valence-electron chi connectivity index (χ4n) is 1.11. The molecule has 4 heteroatoms. The Hall–Kier alpha value is -1.39. The molecular formula is C10H13NO3. The van der Waals surface area contributed by atoms with Gasteiger partial charge in [-0.05, 0) is 30.7 Å². The van der Waals surface area contributed by atoms with Crippen molar-refractivity contribution in [2.24, 2.45) is 5.73 Å². The van der Waals surface area contributed by atoms with Gasteiger partial charge in [0.1, 0.15) is 5.75 Å². The molecule has 0 bridgehead atoms. The topological polar surface area (TPSA) is 83.5 Å². The van der Waals surface area contributed by atoms with Crippen molar-refractivity contribution in [2.45, 2.75) is 12.5 Å². The Kier molecular flexibility index (Phi) is 3.62. The molecule has 0 radical (unpaired) electrons. The van der Waals surface area contributed by atoms with Crippen LogP contribution in [0.1, 0.15) is 16.8 Å². The van der Waals surface area contributed by atoms with Crippen LogP contribution in [0.15, 0.2) is 24.3 Å². The van der Waals surface area contributed by atoms with Gasteiger partial charge < -0.3 is 15.9 Å². The van der Waals surface area contributed by atoms with E-state index in [4.69, 9.17) is 15.9 Å². The fourth-order valence-corrected chi connectivity index (χ4v) is 1.11. The maximum atomic E-state index is 11.5. The minimum atomic E-state index is -0.676. The molecule has 0 aliphatic carbocycles. The van der Waals surface area contributed by atoms with Crippen LogP contribution in [0.2, 0.25) is 0 Å². The number of phenolic OH excluding ortho intramolecular Hbond substituents is 1. The van der Waals surface area contributed by atoms with Crippen LogP contribution in [-0.4, -0.2) is 28.6 Å². The second-order valence-electron chi connectivity index (χ2n) is 3.03. The maximum Gasteiger partial charge on any atom is 0.179 e. The number of aromatic hydroxyl groups is 1. The van der Waals surface area contributed by atoms with Crippen LogP contribution >= 0.6 is 0 Å². The molecule has 4 N–H and O–H groups in total. The number of carbonyl (C=O) groups excluding carboxylic acids is 1. The molecule has 0 aromatic heterocycles. The normalized spacial score (nSPS) is 12.4. The average molecular weight is 195 g/mol. The highest BCUT2D eigenvalue weighted by Crippen LogP contribution is 2.11. The molecule has 0 fully saturated rings. The van der Waals surface area contributed by atoms with E-state index in [1.54, 1.807) is 0 Å². The number of aliphatic hydroxyl groups excluding tert-OH is 1. The summed E-state index contributed by atoms with van der Waals surface area (Å²) in [6.45, 7) is -0.106. The molecule has 0 saturated carbocycles. The number of ketones is 1. The van der Waals surface area contributed by atoms with Gasteiger partial charge in [0.25, 0.3) is 0 Å². The van der Waals surface area contributed by atoms with E-state index < -0.39 is 6.04 Å². The zero-order chi connectivity index (χ0) is 10.6. The van der Waals surface area contributed by atoms with Gasteiger partial charge in [0.2, 0.25) is 0 Å². The Morgan fingerprint density at radius 2 is 1.93 bits per heavy atom. The molecule has 0 aliphatic rings. The van der Waals surface area contributed by atoms with Crippen molar-refractivity contribution in [3.05, 3.63) is 29.8 Å². The summed E-state index contributed by atoms with van der Waals surface area (Å²) in [5.41, 5.74) is 5.97. The first-order valence-corrected chi connectivity index (χ1v) is 4.35. The molecule has 0 saturated heterocycles. The third-order valence-electron chi connectivity index (χ3n) is 1.93. The standard InChI is InChI=1S/C10H13NO3/c11-9(5-6-12)10(14)7-1-3-8(13)4-2-7/h1-4,9,12-13H,5-6,11H2. The summed E-state index contributed by atoms with van der Waals surface area (Å²) < 4.78 is 0. The molecule has 76 valence electrons. The summed E-state index contributed by atoms with van der Waals surface area (Å²) >= 11 is 0. The number of hydrogen-bond donors (Lipinski definition) is 3. The zero-order valence-electron chi connectivity index (χ0n) is 7.68. The Morgan fingerprint density at radius 1 is 1.36 bits per heavy atom. The van der Waals surface area contributed by atoms with Gasteiger partial charge in [-0.25, -0.2) is 0 Å². The predicted molar refractivity (Wildman–Crippen MR) is 52.1 cm³/mol. The third kappa shape index (κ3) is 2.55. The molecular weight excluding hydrogens is 182 g/mol. The molecule has 1 aromatic rings. The van der Waals surface area contributed by atoms with E-state index in [0.717, 1.165) is 0 Å². The van der Waals surface area contributed by atoms with Gasteiger partial charge in [-0.1, -0.05) is 0 Å². The van der Waals surface area contributed by atoms with Crippen molar-refractivity contribution in [3.63, 3.8) is 0 Å². The van der Waals surface area contributed by atoms with E-state index in [1.165, 1.54) is 24.3 Å². The lowest BCUT2D eigenvalue weighted by Crippen LogP contribution is -2.31. The SMILES string of the molecule is NC(CCO)C(=O)c1ccc(O)cc1. The van der Waals surface area contributed by atoms with Crippen LogP contribution < -0.4 is 5.73 Å². The summed E-state index contributed by atoms with van der Waals surface area (Å²) in [6.07, 6.45) is 0.250. The summed E-state index contributed by atoms with van der Waals surface area (Å²) in [6, 6.07) is 5.20. The van der Waals surface area contributed by atoms with Gasteiger partial charge in [-0.15, -0.1) is 0 Å². The number of aliphatic hydroxyl groups is 1. The van der Waals surface area contributed by atoms with Gasteiger partial charge in [0.05, 0.1) is 6.04 Å². The van der Waals surface area contributed by atoms with Crippen LogP contribution in [-0.2, 0) is 0 Å². The first-order valence-electron chi connectivity index (χ1n) is 4.35. The highest BCUT2D eigenvalue weighted by Gasteiger charge is 2.14. The summed E-state index contributed by atoms with van der Waals surface area (Å²) in [5, 5.41) is 17.6.